The van der Waals surface area contributed by atoms with Crippen LogP contribution < -0.4 is 20.7 Å². The minimum absolute atomic E-state index is 0.0922. The number of esters is 1. The first-order chi connectivity index (χ1) is 18.5. The summed E-state index contributed by atoms with van der Waals surface area (Å²) in [5.41, 5.74) is 3.35. The van der Waals surface area contributed by atoms with E-state index < -0.39 is 50.5 Å². The van der Waals surface area contributed by atoms with Gasteiger partial charge >= 0.3 is 13.7 Å². The molecule has 5 N–H and O–H groups in total. The zero-order chi connectivity index (χ0) is 28.4. The van der Waals surface area contributed by atoms with Crippen molar-refractivity contribution in [2.45, 2.75) is 37.1 Å². The molecular weight excluding hydrogens is 536 g/mol. The van der Waals surface area contributed by atoms with Crippen LogP contribution in [0.1, 0.15) is 13.2 Å². The van der Waals surface area contributed by atoms with Crippen molar-refractivity contribution in [1.29, 1.82) is 0 Å². The number of anilines is 2. The molecule has 1 aliphatic rings. The molecule has 39 heavy (non-hydrogen) atoms. The molecule has 1 fully saturated rings. The Morgan fingerprint density at radius 2 is 2.13 bits per heavy atom. The summed E-state index contributed by atoms with van der Waals surface area (Å²) in [7, 11) is -1.56. The molecule has 0 amide bonds. The lowest BCUT2D eigenvalue weighted by Gasteiger charge is -2.24. The number of fused-ring (bicyclic) bond motifs is 1. The number of ether oxygens (including phenoxy) is 2. The van der Waals surface area contributed by atoms with E-state index >= 15 is 4.39 Å². The van der Waals surface area contributed by atoms with Crippen LogP contribution in [0.4, 0.5) is 16.2 Å². The summed E-state index contributed by atoms with van der Waals surface area (Å²) in [5.74, 6) is 1.52. The fraction of sp³-hybridized carbons (Fsp3) is 0.391. The average molecular weight is 563 g/mol. The van der Waals surface area contributed by atoms with Crippen LogP contribution in [0.25, 0.3) is 11.2 Å². The van der Waals surface area contributed by atoms with Crippen molar-refractivity contribution in [1.82, 2.24) is 24.6 Å². The highest BCUT2D eigenvalue weighted by molar-refractivity contribution is 7.52. The molecule has 1 saturated heterocycles. The zero-order valence-corrected chi connectivity index (χ0v) is 22.0. The smallest absolute Gasteiger partial charge is 0.459 e. The number of terminal acetylenes is 1. The van der Waals surface area contributed by atoms with Gasteiger partial charge in [0.15, 0.2) is 23.2 Å². The molecule has 3 heterocycles. The number of hydrogen-bond donors (Lipinski definition) is 4. The standard InChI is InChI=1S/C23H27FN7O7P/c1-5-23(24)17(32)15(37-21(23)31-12-27-16-18(26-3)28-22(25)29-19(16)31)11-36-39(34,30-13(2)20(33)35-4)38-14-9-7-6-8-10-14/h1,6-10,12-13,15,17,21,32H,11H2,2-4H3,(H,30,34)(H3,25,26,28,29)/t13-,15+,17+,21+,23+,39-/m0/s1. The van der Waals surface area contributed by atoms with Gasteiger partial charge in [0.1, 0.15) is 24.0 Å². The van der Waals surface area contributed by atoms with E-state index in [9.17, 15) is 14.5 Å². The first-order valence-electron chi connectivity index (χ1n) is 11.6. The summed E-state index contributed by atoms with van der Waals surface area (Å²) >= 11 is 0. The number of hydrogen-bond acceptors (Lipinski definition) is 12. The molecule has 0 bridgehead atoms. The van der Waals surface area contributed by atoms with E-state index in [0.29, 0.717) is 0 Å². The van der Waals surface area contributed by atoms with Crippen molar-refractivity contribution >= 4 is 36.6 Å². The van der Waals surface area contributed by atoms with E-state index in [0.717, 1.165) is 7.11 Å². The van der Waals surface area contributed by atoms with Crippen molar-refractivity contribution < 1.29 is 37.4 Å². The molecule has 3 aromatic rings. The third-order valence-electron chi connectivity index (χ3n) is 5.88. The summed E-state index contributed by atoms with van der Waals surface area (Å²) in [5, 5.41) is 16.1. The maximum absolute atomic E-state index is 16.1. The quantitative estimate of drug-likeness (QED) is 0.158. The number of carbonyl (C=O) groups is 1. The average Bonchev–Trinajstić information content (AvgIpc) is 3.45. The predicted octanol–water partition coefficient (Wildman–Crippen LogP) is 1.40. The van der Waals surface area contributed by atoms with Gasteiger partial charge in [-0.2, -0.15) is 15.1 Å². The summed E-state index contributed by atoms with van der Waals surface area (Å²) in [6, 6.07) is 6.89. The number of carbonyl (C=O) groups excluding carboxylic acids is 1. The summed E-state index contributed by atoms with van der Waals surface area (Å²) in [4.78, 5) is 24.3. The van der Waals surface area contributed by atoms with Crippen LogP contribution in [0.2, 0.25) is 0 Å². The number of methoxy groups -OCH3 is 1. The van der Waals surface area contributed by atoms with Crippen molar-refractivity contribution in [3.05, 3.63) is 36.7 Å². The SMILES string of the molecule is C#C[C@@]1(F)[C@H](O)[C@@H](CO[P@@](=O)(N[C@@H](C)C(=O)OC)Oc2ccccc2)O[C@H]1n1cnc2c(NC)nc(N)nc21. The van der Waals surface area contributed by atoms with E-state index in [1.165, 1.54) is 30.0 Å². The van der Waals surface area contributed by atoms with Gasteiger partial charge in [-0.1, -0.05) is 24.1 Å². The van der Waals surface area contributed by atoms with E-state index in [2.05, 4.69) is 30.1 Å². The molecule has 1 aliphatic heterocycles. The van der Waals surface area contributed by atoms with Crippen molar-refractivity contribution in [3.63, 3.8) is 0 Å². The van der Waals surface area contributed by atoms with Crippen LogP contribution in [-0.2, 0) is 23.4 Å². The highest BCUT2D eigenvalue weighted by Gasteiger charge is 2.58. The first kappa shape index (κ1) is 28.2. The molecule has 2 aromatic heterocycles. The molecule has 208 valence electrons. The van der Waals surface area contributed by atoms with Gasteiger partial charge in [-0.15, -0.1) is 6.42 Å². The molecule has 14 nitrogen and oxygen atoms in total. The number of nitrogens with one attached hydrogen (secondary N) is 2. The van der Waals surface area contributed by atoms with Crippen molar-refractivity contribution in [2.24, 2.45) is 0 Å². The first-order valence-corrected chi connectivity index (χ1v) is 13.1. The van der Waals surface area contributed by atoms with Gasteiger partial charge in [-0.25, -0.2) is 13.9 Å². The second kappa shape index (κ2) is 11.1. The van der Waals surface area contributed by atoms with Crippen LogP contribution in [0.3, 0.4) is 0 Å². The largest absolute Gasteiger partial charge is 0.468 e. The van der Waals surface area contributed by atoms with E-state index in [1.807, 2.05) is 5.92 Å². The maximum atomic E-state index is 16.1. The Morgan fingerprint density at radius 1 is 1.41 bits per heavy atom. The fourth-order valence-corrected chi connectivity index (χ4v) is 5.44. The number of aliphatic hydroxyl groups is 1. The zero-order valence-electron chi connectivity index (χ0n) is 21.1. The number of nitrogens with two attached hydrogens (primary N) is 1. The molecule has 0 aliphatic carbocycles. The number of alkyl halides is 1. The number of aromatic nitrogens is 4. The lowest BCUT2D eigenvalue weighted by atomic mass is 9.97. The van der Waals surface area contributed by atoms with Gasteiger partial charge in [-0.05, 0) is 19.1 Å². The molecule has 1 aromatic carbocycles. The normalized spacial score (nSPS) is 25.0. The number of nitrogens with zero attached hydrogens (tertiary/aromatic N) is 4. The van der Waals surface area contributed by atoms with Gasteiger partial charge < -0.3 is 30.2 Å². The molecule has 0 spiro atoms. The second-order valence-electron chi connectivity index (χ2n) is 8.46. The molecule has 4 rings (SSSR count). The number of imidazole rings is 1. The number of para-hydroxylation sites is 1. The van der Waals surface area contributed by atoms with Crippen LogP contribution >= 0.6 is 7.75 Å². The van der Waals surface area contributed by atoms with Gasteiger partial charge in [0.25, 0.3) is 0 Å². The number of nitrogen functional groups attached to an aromatic ring is 1. The third-order valence-corrected chi connectivity index (χ3v) is 7.52. The Morgan fingerprint density at radius 3 is 2.77 bits per heavy atom. The Kier molecular flexibility index (Phi) is 8.05. The topological polar surface area (TPSA) is 185 Å². The van der Waals surface area contributed by atoms with Gasteiger partial charge in [0.05, 0.1) is 20.0 Å². The number of halogens is 1. The molecular formula is C23H27FN7O7P. The highest BCUT2D eigenvalue weighted by Crippen LogP contribution is 2.48. The van der Waals surface area contributed by atoms with Crippen LogP contribution in [0.5, 0.6) is 5.75 Å². The summed E-state index contributed by atoms with van der Waals surface area (Å²) in [6.07, 6.45) is 1.73. The molecule has 0 saturated carbocycles. The van der Waals surface area contributed by atoms with E-state index in [-0.39, 0.29) is 28.7 Å². The monoisotopic (exact) mass is 563 g/mol. The molecule has 16 heteroatoms. The Balaban J connectivity index is 1.61. The molecule has 0 unspecified atom stereocenters. The Bertz CT molecular complexity index is 1440. The van der Waals surface area contributed by atoms with Crippen molar-refractivity contribution in [3.8, 4) is 18.1 Å². The van der Waals surface area contributed by atoms with Crippen LogP contribution in [-0.4, -0.2) is 75.3 Å². The number of rotatable bonds is 10. The van der Waals surface area contributed by atoms with E-state index in [4.69, 9.17) is 25.9 Å². The summed E-state index contributed by atoms with van der Waals surface area (Å²) < 4.78 is 52.3. The molecule has 6 atom stereocenters. The lowest BCUT2D eigenvalue weighted by molar-refractivity contribution is -0.142. The maximum Gasteiger partial charge on any atom is 0.459 e. The van der Waals surface area contributed by atoms with Gasteiger partial charge in [0.2, 0.25) is 11.6 Å². The minimum Gasteiger partial charge on any atom is -0.468 e. The fourth-order valence-electron chi connectivity index (χ4n) is 3.94. The Hall–Kier alpha value is -3.80. The van der Waals surface area contributed by atoms with Crippen LogP contribution in [0, 0.1) is 12.3 Å². The second-order valence-corrected chi connectivity index (χ2v) is 10.2. The Labute approximate surface area is 222 Å². The molecule has 0 radical (unpaired) electrons. The van der Waals surface area contributed by atoms with Gasteiger partial charge in [0, 0.05) is 7.05 Å². The van der Waals surface area contributed by atoms with Crippen LogP contribution in [0.15, 0.2) is 36.7 Å². The minimum atomic E-state index is -4.31. The lowest BCUT2D eigenvalue weighted by Crippen LogP contribution is -2.42. The highest BCUT2D eigenvalue weighted by atomic mass is 31.2. The number of benzene rings is 1. The predicted molar refractivity (Wildman–Crippen MR) is 137 cm³/mol. The van der Waals surface area contributed by atoms with Crippen molar-refractivity contribution in [2.75, 3.05) is 31.8 Å². The number of aliphatic hydroxyl groups excluding tert-OH is 1. The van der Waals surface area contributed by atoms with Gasteiger partial charge in [-0.3, -0.25) is 13.9 Å². The summed E-state index contributed by atoms with van der Waals surface area (Å²) in [6.45, 7) is 0.733. The third kappa shape index (κ3) is 5.51. The van der Waals surface area contributed by atoms with E-state index in [1.54, 1.807) is 25.2 Å².